The number of amidine groups is 1. The molecule has 1 fully saturated rings. The van der Waals surface area contributed by atoms with E-state index in [9.17, 15) is 4.79 Å². The predicted molar refractivity (Wildman–Crippen MR) is 94.7 cm³/mol. The van der Waals surface area contributed by atoms with Crippen LogP contribution in [0.2, 0.25) is 0 Å². The van der Waals surface area contributed by atoms with Gasteiger partial charge in [0, 0.05) is 22.8 Å². The fraction of sp³-hybridized carbons (Fsp3) is 0. The topological polar surface area (TPSA) is 57.9 Å². The molecule has 1 aliphatic heterocycles. The first-order valence-electron chi connectivity index (χ1n) is 7.17. The average molecular weight is 319 g/mol. The summed E-state index contributed by atoms with van der Waals surface area (Å²) in [4.78, 5) is 12.4. The summed E-state index contributed by atoms with van der Waals surface area (Å²) in [5.41, 5.74) is 3.13. The number of hydrogen-bond acceptors (Lipinski definition) is 3. The molecule has 1 amide bonds. The molecule has 1 aliphatic rings. The first-order chi connectivity index (χ1) is 11.2. The highest BCUT2D eigenvalue weighted by Crippen LogP contribution is 2.30. The van der Waals surface area contributed by atoms with E-state index in [2.05, 4.69) is 28.1 Å². The summed E-state index contributed by atoms with van der Waals surface area (Å²) in [6.45, 7) is 0. The Morgan fingerprint density at radius 3 is 2.52 bits per heavy atom. The van der Waals surface area contributed by atoms with Gasteiger partial charge in [0.2, 0.25) is 0 Å². The summed E-state index contributed by atoms with van der Waals surface area (Å²) >= 11 is 1.16. The average Bonchev–Trinajstić information content (AvgIpc) is 3.09. The fourth-order valence-electron chi connectivity index (χ4n) is 2.71. The van der Waals surface area contributed by atoms with E-state index in [-0.39, 0.29) is 11.1 Å². The number of amides is 1. The first-order valence-corrected chi connectivity index (χ1v) is 7.99. The number of thioether (sulfide) groups is 1. The van der Waals surface area contributed by atoms with E-state index >= 15 is 0 Å². The van der Waals surface area contributed by atoms with Gasteiger partial charge in [-0.2, -0.15) is 0 Å². The number of aromatic nitrogens is 1. The van der Waals surface area contributed by atoms with E-state index in [0.717, 1.165) is 33.9 Å². The van der Waals surface area contributed by atoms with Crippen LogP contribution in [0.25, 0.3) is 22.7 Å². The van der Waals surface area contributed by atoms with Gasteiger partial charge in [-0.3, -0.25) is 10.2 Å². The number of nitrogens with zero attached hydrogens (tertiary/aromatic N) is 1. The van der Waals surface area contributed by atoms with Crippen molar-refractivity contribution < 1.29 is 4.79 Å². The number of rotatable bonds is 2. The maximum Gasteiger partial charge on any atom is 0.264 e. The number of para-hydroxylation sites is 2. The quantitative estimate of drug-likeness (QED) is 0.706. The Hall–Kier alpha value is -2.79. The lowest BCUT2D eigenvalue weighted by Gasteiger charge is -2.04. The lowest BCUT2D eigenvalue weighted by atomic mass is 10.1. The third-order valence-electron chi connectivity index (χ3n) is 3.73. The van der Waals surface area contributed by atoms with Crippen LogP contribution < -0.4 is 5.32 Å². The van der Waals surface area contributed by atoms with Crippen LogP contribution in [0.5, 0.6) is 0 Å². The summed E-state index contributed by atoms with van der Waals surface area (Å²) in [7, 11) is 0. The van der Waals surface area contributed by atoms with E-state index in [1.165, 1.54) is 0 Å². The Morgan fingerprint density at radius 1 is 1.04 bits per heavy atom. The molecule has 0 aliphatic carbocycles. The molecule has 0 atom stereocenters. The standard InChI is InChI=1S/C18H13N3OS/c19-18-20-17(22)16(23-18)10-12-11-21(13-6-2-1-3-7-13)15-9-5-4-8-14(12)15/h1-11H,(H2,19,20,22)/b16-10-. The zero-order valence-electron chi connectivity index (χ0n) is 12.1. The molecule has 1 saturated heterocycles. The Kier molecular flexibility index (Phi) is 3.28. The monoisotopic (exact) mass is 319 g/mol. The van der Waals surface area contributed by atoms with Gasteiger partial charge in [0.1, 0.15) is 0 Å². The molecule has 2 heterocycles. The van der Waals surface area contributed by atoms with Gasteiger partial charge in [-0.25, -0.2) is 0 Å². The molecule has 0 unspecified atom stereocenters. The Bertz CT molecular complexity index is 957. The van der Waals surface area contributed by atoms with E-state index in [4.69, 9.17) is 5.41 Å². The van der Waals surface area contributed by atoms with Crippen LogP contribution in [-0.4, -0.2) is 15.6 Å². The van der Waals surface area contributed by atoms with Crippen LogP contribution in [-0.2, 0) is 4.79 Å². The number of hydrogen-bond donors (Lipinski definition) is 2. The van der Waals surface area contributed by atoms with Crippen molar-refractivity contribution in [2.24, 2.45) is 0 Å². The number of carbonyl (C=O) groups excluding carboxylic acids is 1. The van der Waals surface area contributed by atoms with Crippen molar-refractivity contribution in [3.05, 3.63) is 71.3 Å². The van der Waals surface area contributed by atoms with Gasteiger partial charge in [0.15, 0.2) is 5.17 Å². The van der Waals surface area contributed by atoms with Crippen molar-refractivity contribution in [1.82, 2.24) is 9.88 Å². The maximum absolute atomic E-state index is 11.9. The fourth-order valence-corrected chi connectivity index (χ4v) is 3.40. The molecule has 5 heteroatoms. The third-order valence-corrected chi connectivity index (χ3v) is 4.56. The summed E-state index contributed by atoms with van der Waals surface area (Å²) in [5.74, 6) is -0.212. The molecule has 23 heavy (non-hydrogen) atoms. The van der Waals surface area contributed by atoms with Crippen LogP contribution in [0, 0.1) is 5.41 Å². The third kappa shape index (κ3) is 2.45. The van der Waals surface area contributed by atoms with Gasteiger partial charge < -0.3 is 9.88 Å². The van der Waals surface area contributed by atoms with Gasteiger partial charge >= 0.3 is 0 Å². The molecule has 3 aromatic rings. The van der Waals surface area contributed by atoms with Crippen molar-refractivity contribution in [1.29, 1.82) is 5.41 Å². The lowest BCUT2D eigenvalue weighted by Crippen LogP contribution is -2.18. The molecule has 4 nitrogen and oxygen atoms in total. The zero-order valence-corrected chi connectivity index (χ0v) is 12.9. The summed E-state index contributed by atoms with van der Waals surface area (Å²) in [6, 6.07) is 18.2. The maximum atomic E-state index is 11.9. The predicted octanol–water partition coefficient (Wildman–Crippen LogP) is 3.77. The van der Waals surface area contributed by atoms with Crippen LogP contribution in [0.1, 0.15) is 5.56 Å². The van der Waals surface area contributed by atoms with Crippen LogP contribution >= 0.6 is 11.8 Å². The number of nitrogens with one attached hydrogen (secondary N) is 2. The normalized spacial score (nSPS) is 16.3. The highest BCUT2D eigenvalue weighted by molar-refractivity contribution is 8.18. The molecule has 2 aromatic carbocycles. The smallest absolute Gasteiger partial charge is 0.264 e. The molecular weight excluding hydrogens is 306 g/mol. The summed E-state index contributed by atoms with van der Waals surface area (Å²) in [5, 5.41) is 11.3. The molecule has 0 bridgehead atoms. The van der Waals surface area contributed by atoms with Crippen molar-refractivity contribution in [3.8, 4) is 5.69 Å². The molecule has 2 N–H and O–H groups in total. The molecule has 4 rings (SSSR count). The first kappa shape index (κ1) is 13.8. The second-order valence-corrected chi connectivity index (χ2v) is 6.25. The Labute approximate surface area is 137 Å². The van der Waals surface area contributed by atoms with Crippen LogP contribution in [0.3, 0.4) is 0 Å². The highest BCUT2D eigenvalue weighted by Gasteiger charge is 2.22. The number of benzene rings is 2. The second kappa shape index (κ2) is 5.44. The molecule has 0 spiro atoms. The summed E-state index contributed by atoms with van der Waals surface area (Å²) in [6.07, 6.45) is 3.88. The molecule has 0 radical (unpaired) electrons. The van der Waals surface area contributed by atoms with Crippen molar-refractivity contribution in [2.75, 3.05) is 0 Å². The van der Waals surface area contributed by atoms with Gasteiger partial charge in [0.25, 0.3) is 5.91 Å². The van der Waals surface area contributed by atoms with Gasteiger partial charge in [-0.05, 0) is 36.0 Å². The van der Waals surface area contributed by atoms with Gasteiger partial charge in [-0.15, -0.1) is 0 Å². The van der Waals surface area contributed by atoms with E-state index in [1.54, 1.807) is 0 Å². The largest absolute Gasteiger partial charge is 0.316 e. The highest BCUT2D eigenvalue weighted by atomic mass is 32.2. The second-order valence-electron chi connectivity index (χ2n) is 5.20. The van der Waals surface area contributed by atoms with Crippen LogP contribution in [0.15, 0.2) is 65.7 Å². The van der Waals surface area contributed by atoms with Gasteiger partial charge in [0.05, 0.1) is 10.4 Å². The minimum Gasteiger partial charge on any atom is -0.316 e. The van der Waals surface area contributed by atoms with E-state index in [0.29, 0.717) is 4.91 Å². The van der Waals surface area contributed by atoms with Crippen molar-refractivity contribution >= 4 is 39.8 Å². The SMILES string of the molecule is N=C1NC(=O)/C(=C/c2cn(-c3ccccc3)c3ccccc23)S1. The minimum absolute atomic E-state index is 0.174. The molecule has 1 aromatic heterocycles. The lowest BCUT2D eigenvalue weighted by molar-refractivity contribution is -0.115. The van der Waals surface area contributed by atoms with Crippen molar-refractivity contribution in [3.63, 3.8) is 0 Å². The summed E-state index contributed by atoms with van der Waals surface area (Å²) < 4.78 is 2.12. The van der Waals surface area contributed by atoms with E-state index < -0.39 is 0 Å². The minimum atomic E-state index is -0.212. The Balaban J connectivity index is 1.90. The molecular formula is C18H13N3OS. The molecule has 112 valence electrons. The van der Waals surface area contributed by atoms with Crippen molar-refractivity contribution in [2.45, 2.75) is 0 Å². The number of carbonyl (C=O) groups is 1. The molecule has 0 saturated carbocycles. The zero-order chi connectivity index (χ0) is 15.8. The number of fused-ring (bicyclic) bond motifs is 1. The van der Waals surface area contributed by atoms with E-state index in [1.807, 2.05) is 48.7 Å². The van der Waals surface area contributed by atoms with Gasteiger partial charge in [-0.1, -0.05) is 36.4 Å². The van der Waals surface area contributed by atoms with Crippen LogP contribution in [0.4, 0.5) is 0 Å². The Morgan fingerprint density at radius 2 is 1.78 bits per heavy atom.